The molecule has 0 N–H and O–H groups in total. The standard InChI is InChI=1S/C24H34N4O/c1-20-6-2-3-7-22(20)17-27-13-9-21(10-14-27)16-28(18-23-8-4-15-29-23)19-24-25-11-5-12-26-24/h2-3,5-7,11-12,21,23H,4,8-10,13-19H2,1H3/t23-/m0/s1. The van der Waals surface area contributed by atoms with Crippen LogP contribution in [0.2, 0.25) is 0 Å². The van der Waals surface area contributed by atoms with Crippen molar-refractivity contribution in [2.45, 2.75) is 51.8 Å². The first-order valence-corrected chi connectivity index (χ1v) is 11.1. The Morgan fingerprint density at radius 1 is 1.03 bits per heavy atom. The third kappa shape index (κ3) is 6.08. The summed E-state index contributed by atoms with van der Waals surface area (Å²) in [6.07, 6.45) is 8.97. The van der Waals surface area contributed by atoms with Crippen molar-refractivity contribution in [2.75, 3.05) is 32.8 Å². The second-order valence-corrected chi connectivity index (χ2v) is 8.64. The molecule has 2 aliphatic rings. The fraction of sp³-hybridized carbons (Fsp3) is 0.583. The fourth-order valence-corrected chi connectivity index (χ4v) is 4.61. The van der Waals surface area contributed by atoms with E-state index in [1.54, 1.807) is 0 Å². The highest BCUT2D eigenvalue weighted by Gasteiger charge is 2.25. The van der Waals surface area contributed by atoms with E-state index in [4.69, 9.17) is 4.74 Å². The minimum Gasteiger partial charge on any atom is -0.377 e. The van der Waals surface area contributed by atoms with E-state index in [0.717, 1.165) is 44.5 Å². The average molecular weight is 395 g/mol. The van der Waals surface area contributed by atoms with Crippen molar-refractivity contribution in [1.82, 2.24) is 19.8 Å². The second-order valence-electron chi connectivity index (χ2n) is 8.64. The minimum atomic E-state index is 0.375. The largest absolute Gasteiger partial charge is 0.377 e. The summed E-state index contributed by atoms with van der Waals surface area (Å²) in [5, 5.41) is 0. The first-order chi connectivity index (χ1) is 14.3. The van der Waals surface area contributed by atoms with Crippen molar-refractivity contribution < 1.29 is 4.74 Å². The van der Waals surface area contributed by atoms with Crippen LogP contribution in [0.25, 0.3) is 0 Å². The van der Waals surface area contributed by atoms with Crippen molar-refractivity contribution >= 4 is 0 Å². The van der Waals surface area contributed by atoms with Gasteiger partial charge in [0.15, 0.2) is 0 Å². The maximum Gasteiger partial charge on any atom is 0.142 e. The zero-order valence-corrected chi connectivity index (χ0v) is 17.7. The number of piperidine rings is 1. The Labute approximate surface area is 175 Å². The molecule has 2 saturated heterocycles. The predicted octanol–water partition coefficient (Wildman–Crippen LogP) is 3.68. The second kappa shape index (κ2) is 10.3. The molecule has 156 valence electrons. The topological polar surface area (TPSA) is 41.5 Å². The Kier molecular flexibility index (Phi) is 7.25. The fourth-order valence-electron chi connectivity index (χ4n) is 4.61. The van der Waals surface area contributed by atoms with Crippen molar-refractivity contribution in [3.63, 3.8) is 0 Å². The number of ether oxygens (including phenoxy) is 1. The average Bonchev–Trinajstić information content (AvgIpc) is 3.25. The van der Waals surface area contributed by atoms with Crippen LogP contribution in [-0.4, -0.2) is 58.7 Å². The number of aryl methyl sites for hydroxylation is 1. The van der Waals surface area contributed by atoms with Gasteiger partial charge >= 0.3 is 0 Å². The molecular formula is C24H34N4O. The molecular weight excluding hydrogens is 360 g/mol. The maximum absolute atomic E-state index is 5.91. The van der Waals surface area contributed by atoms with Gasteiger partial charge in [-0.1, -0.05) is 24.3 Å². The summed E-state index contributed by atoms with van der Waals surface area (Å²) in [5.41, 5.74) is 2.87. The Morgan fingerprint density at radius 3 is 2.55 bits per heavy atom. The van der Waals surface area contributed by atoms with Crippen LogP contribution in [0, 0.1) is 12.8 Å². The Bertz CT molecular complexity index is 740. The summed E-state index contributed by atoms with van der Waals surface area (Å²) in [5.74, 6) is 1.66. The maximum atomic E-state index is 5.91. The lowest BCUT2D eigenvalue weighted by molar-refractivity contribution is 0.0560. The molecule has 4 rings (SSSR count). The number of rotatable bonds is 8. The number of hydrogen-bond donors (Lipinski definition) is 0. The summed E-state index contributed by atoms with van der Waals surface area (Å²) < 4.78 is 5.91. The summed E-state index contributed by atoms with van der Waals surface area (Å²) in [6, 6.07) is 10.7. The molecule has 0 radical (unpaired) electrons. The Morgan fingerprint density at radius 2 is 1.83 bits per heavy atom. The Balaban J connectivity index is 1.30. The molecule has 3 heterocycles. The van der Waals surface area contributed by atoms with Crippen molar-refractivity contribution in [3.05, 3.63) is 59.7 Å². The first kappa shape index (κ1) is 20.5. The van der Waals surface area contributed by atoms with Gasteiger partial charge in [0.25, 0.3) is 0 Å². The highest BCUT2D eigenvalue weighted by molar-refractivity contribution is 5.25. The van der Waals surface area contributed by atoms with E-state index < -0.39 is 0 Å². The number of nitrogens with zero attached hydrogens (tertiary/aromatic N) is 4. The van der Waals surface area contributed by atoms with Crippen LogP contribution in [0.1, 0.15) is 42.6 Å². The summed E-state index contributed by atoms with van der Waals surface area (Å²) >= 11 is 0. The predicted molar refractivity (Wildman–Crippen MR) is 115 cm³/mol. The normalized spacial score (nSPS) is 21.1. The highest BCUT2D eigenvalue weighted by Crippen LogP contribution is 2.23. The van der Waals surface area contributed by atoms with Crippen molar-refractivity contribution in [1.29, 1.82) is 0 Å². The van der Waals surface area contributed by atoms with Crippen molar-refractivity contribution in [2.24, 2.45) is 5.92 Å². The Hall–Kier alpha value is -1.82. The molecule has 0 saturated carbocycles. The summed E-state index contributed by atoms with van der Waals surface area (Å²) in [7, 11) is 0. The lowest BCUT2D eigenvalue weighted by Crippen LogP contribution is -2.40. The zero-order valence-electron chi connectivity index (χ0n) is 17.7. The van der Waals surface area contributed by atoms with Crippen LogP contribution in [0.4, 0.5) is 0 Å². The van der Waals surface area contributed by atoms with Crippen LogP contribution in [0.5, 0.6) is 0 Å². The number of benzene rings is 1. The van der Waals surface area contributed by atoms with Gasteiger partial charge in [-0.2, -0.15) is 0 Å². The molecule has 1 aromatic carbocycles. The van der Waals surface area contributed by atoms with Crippen LogP contribution in [0.3, 0.4) is 0 Å². The van der Waals surface area contributed by atoms with Gasteiger partial charge in [0.05, 0.1) is 12.6 Å². The van der Waals surface area contributed by atoms with Gasteiger partial charge in [-0.15, -0.1) is 0 Å². The van der Waals surface area contributed by atoms with E-state index in [9.17, 15) is 0 Å². The smallest absolute Gasteiger partial charge is 0.142 e. The van der Waals surface area contributed by atoms with E-state index in [-0.39, 0.29) is 0 Å². The lowest BCUT2D eigenvalue weighted by Gasteiger charge is -2.35. The van der Waals surface area contributed by atoms with Crippen molar-refractivity contribution in [3.8, 4) is 0 Å². The van der Waals surface area contributed by atoms with Gasteiger partial charge < -0.3 is 4.74 Å². The van der Waals surface area contributed by atoms with Gasteiger partial charge in [-0.05, 0) is 68.8 Å². The van der Waals surface area contributed by atoms with Gasteiger partial charge in [-0.3, -0.25) is 9.80 Å². The highest BCUT2D eigenvalue weighted by atomic mass is 16.5. The molecule has 0 spiro atoms. The van der Waals surface area contributed by atoms with Crippen LogP contribution in [0.15, 0.2) is 42.7 Å². The van der Waals surface area contributed by atoms with Gasteiger partial charge in [0, 0.05) is 38.6 Å². The number of hydrogen-bond acceptors (Lipinski definition) is 5. The molecule has 29 heavy (non-hydrogen) atoms. The zero-order chi connectivity index (χ0) is 19.9. The molecule has 0 unspecified atom stereocenters. The monoisotopic (exact) mass is 394 g/mol. The summed E-state index contributed by atoms with van der Waals surface area (Å²) in [6.45, 7) is 9.54. The number of likely N-dealkylation sites (tertiary alicyclic amines) is 1. The minimum absolute atomic E-state index is 0.375. The van der Waals surface area contributed by atoms with E-state index in [1.807, 2.05) is 18.5 Å². The van der Waals surface area contributed by atoms with Crippen LogP contribution in [-0.2, 0) is 17.8 Å². The molecule has 0 amide bonds. The molecule has 0 aliphatic carbocycles. The molecule has 1 atom stereocenters. The number of aromatic nitrogens is 2. The van der Waals surface area contributed by atoms with Gasteiger partial charge in [-0.25, -0.2) is 9.97 Å². The van der Waals surface area contributed by atoms with E-state index in [1.165, 1.54) is 49.9 Å². The first-order valence-electron chi connectivity index (χ1n) is 11.1. The molecule has 2 aromatic rings. The third-order valence-corrected chi connectivity index (χ3v) is 6.35. The quantitative estimate of drug-likeness (QED) is 0.683. The molecule has 5 nitrogen and oxygen atoms in total. The van der Waals surface area contributed by atoms with E-state index >= 15 is 0 Å². The molecule has 2 aliphatic heterocycles. The van der Waals surface area contributed by atoms with E-state index in [0.29, 0.717) is 6.10 Å². The van der Waals surface area contributed by atoms with Crippen LogP contribution >= 0.6 is 0 Å². The SMILES string of the molecule is Cc1ccccc1CN1CCC(CN(Cc2ncccn2)C[C@@H]2CCCO2)CC1. The molecule has 1 aromatic heterocycles. The molecule has 0 bridgehead atoms. The van der Waals surface area contributed by atoms with E-state index in [2.05, 4.69) is 51.0 Å². The molecule has 2 fully saturated rings. The lowest BCUT2D eigenvalue weighted by atomic mass is 9.95. The van der Waals surface area contributed by atoms with Gasteiger partial charge in [0.2, 0.25) is 0 Å². The third-order valence-electron chi connectivity index (χ3n) is 6.35. The van der Waals surface area contributed by atoms with Crippen LogP contribution < -0.4 is 0 Å². The summed E-state index contributed by atoms with van der Waals surface area (Å²) in [4.78, 5) is 14.1. The molecule has 5 heteroatoms. The van der Waals surface area contributed by atoms with Gasteiger partial charge in [0.1, 0.15) is 5.82 Å².